The van der Waals surface area contributed by atoms with E-state index in [1.54, 1.807) is 12.1 Å². The first-order valence-corrected chi connectivity index (χ1v) is 7.99. The van der Waals surface area contributed by atoms with Crippen molar-refractivity contribution in [3.8, 4) is 0 Å². The van der Waals surface area contributed by atoms with Gasteiger partial charge in [0.1, 0.15) is 0 Å². The molecule has 22 heavy (non-hydrogen) atoms. The molecule has 5 heteroatoms. The second-order valence-corrected chi connectivity index (χ2v) is 6.08. The van der Waals surface area contributed by atoms with Crippen LogP contribution in [0, 0.1) is 5.92 Å². The van der Waals surface area contributed by atoms with Crippen LogP contribution in [0.15, 0.2) is 24.3 Å². The lowest BCUT2D eigenvalue weighted by atomic mass is 9.90. The minimum atomic E-state index is -4.27. The fourth-order valence-corrected chi connectivity index (χ4v) is 3.26. The van der Waals surface area contributed by atoms with E-state index in [4.69, 9.17) is 5.11 Å². The lowest BCUT2D eigenvalue weighted by Crippen LogP contribution is -2.36. The molecule has 1 aliphatic rings. The summed E-state index contributed by atoms with van der Waals surface area (Å²) in [5, 5.41) is 8.89. The number of piperidine rings is 1. The number of aryl methyl sites for hydroxylation is 1. The normalized spacial score (nSPS) is 20.3. The number of aliphatic hydroxyl groups is 1. The fraction of sp³-hybridized carbons (Fsp3) is 0.647. The average molecular weight is 315 g/mol. The van der Waals surface area contributed by atoms with Gasteiger partial charge in [-0.1, -0.05) is 18.2 Å². The molecule has 0 bridgehead atoms. The van der Waals surface area contributed by atoms with Crippen LogP contribution in [0.2, 0.25) is 0 Å². The molecule has 0 aromatic heterocycles. The van der Waals surface area contributed by atoms with Crippen molar-refractivity contribution in [2.45, 2.75) is 38.3 Å². The lowest BCUT2D eigenvalue weighted by Gasteiger charge is -2.32. The first-order chi connectivity index (χ1) is 10.5. The predicted octanol–water partition coefficient (Wildman–Crippen LogP) is 3.73. The summed E-state index contributed by atoms with van der Waals surface area (Å²) in [6, 6.07) is 5.89. The Kier molecular flexibility index (Phi) is 6.26. The van der Waals surface area contributed by atoms with E-state index in [9.17, 15) is 13.2 Å². The van der Waals surface area contributed by atoms with Gasteiger partial charge in [0.15, 0.2) is 0 Å². The van der Waals surface area contributed by atoms with Crippen LogP contribution < -0.4 is 0 Å². The van der Waals surface area contributed by atoms with E-state index >= 15 is 0 Å². The highest BCUT2D eigenvalue weighted by atomic mass is 19.4. The van der Waals surface area contributed by atoms with E-state index in [0.29, 0.717) is 17.9 Å². The van der Waals surface area contributed by atoms with Gasteiger partial charge in [0.2, 0.25) is 0 Å². The molecule has 2 rings (SSSR count). The maximum atomic E-state index is 13.0. The van der Waals surface area contributed by atoms with Crippen LogP contribution in [0.25, 0.3) is 0 Å². The molecule has 1 fully saturated rings. The quantitative estimate of drug-likeness (QED) is 0.864. The highest BCUT2D eigenvalue weighted by molar-refractivity contribution is 5.29. The third kappa shape index (κ3) is 4.99. The third-order valence-corrected chi connectivity index (χ3v) is 4.38. The highest BCUT2D eigenvalue weighted by Gasteiger charge is 2.33. The molecule has 1 atom stereocenters. The molecule has 1 aromatic rings. The van der Waals surface area contributed by atoms with Gasteiger partial charge in [-0.15, -0.1) is 0 Å². The van der Waals surface area contributed by atoms with Crippen molar-refractivity contribution in [1.29, 1.82) is 0 Å². The third-order valence-electron chi connectivity index (χ3n) is 4.38. The molecule has 1 heterocycles. The molecule has 0 aliphatic carbocycles. The van der Waals surface area contributed by atoms with Gasteiger partial charge in [0, 0.05) is 19.7 Å². The number of halogens is 3. The summed E-state index contributed by atoms with van der Waals surface area (Å²) in [7, 11) is 0. The standard InChI is InChI=1S/C17H24F3NO/c18-17(19,20)16-7-2-1-6-15(16)9-8-14-5-3-10-21(13-14)11-4-12-22/h1-2,6-7,14,22H,3-5,8-13H2/t14-/m0/s1. The zero-order valence-corrected chi connectivity index (χ0v) is 12.8. The Morgan fingerprint density at radius 1 is 1.23 bits per heavy atom. The van der Waals surface area contributed by atoms with Gasteiger partial charge in [-0.2, -0.15) is 13.2 Å². The second-order valence-electron chi connectivity index (χ2n) is 6.08. The van der Waals surface area contributed by atoms with E-state index in [0.717, 1.165) is 45.3 Å². The molecule has 0 saturated carbocycles. The number of alkyl halides is 3. The molecule has 1 aromatic carbocycles. The Balaban J connectivity index is 1.90. The van der Waals surface area contributed by atoms with Gasteiger partial charge in [-0.3, -0.25) is 0 Å². The van der Waals surface area contributed by atoms with Crippen molar-refractivity contribution in [3.63, 3.8) is 0 Å². The molecule has 1 N–H and O–H groups in total. The Hall–Kier alpha value is -1.07. The van der Waals surface area contributed by atoms with Gasteiger partial charge in [0.25, 0.3) is 0 Å². The van der Waals surface area contributed by atoms with Crippen molar-refractivity contribution < 1.29 is 18.3 Å². The summed E-state index contributed by atoms with van der Waals surface area (Å²) < 4.78 is 39.0. The fourth-order valence-electron chi connectivity index (χ4n) is 3.26. The first kappa shape index (κ1) is 17.3. The molecule has 2 nitrogen and oxygen atoms in total. The molecule has 0 unspecified atom stereocenters. The van der Waals surface area contributed by atoms with Crippen LogP contribution in [0.1, 0.15) is 36.8 Å². The van der Waals surface area contributed by atoms with Crippen molar-refractivity contribution in [1.82, 2.24) is 4.90 Å². The van der Waals surface area contributed by atoms with Crippen molar-refractivity contribution in [2.75, 3.05) is 26.2 Å². The highest BCUT2D eigenvalue weighted by Crippen LogP contribution is 2.33. The monoisotopic (exact) mass is 315 g/mol. The molecule has 1 aliphatic heterocycles. The summed E-state index contributed by atoms with van der Waals surface area (Å²) in [4.78, 5) is 2.32. The van der Waals surface area contributed by atoms with Crippen LogP contribution in [0.4, 0.5) is 13.2 Å². The smallest absolute Gasteiger partial charge is 0.396 e. The zero-order valence-electron chi connectivity index (χ0n) is 12.8. The van der Waals surface area contributed by atoms with Gasteiger partial charge in [-0.05, 0) is 56.2 Å². The lowest BCUT2D eigenvalue weighted by molar-refractivity contribution is -0.138. The minimum absolute atomic E-state index is 0.195. The van der Waals surface area contributed by atoms with E-state index in [2.05, 4.69) is 4.90 Å². The van der Waals surface area contributed by atoms with Crippen LogP contribution in [0.5, 0.6) is 0 Å². The van der Waals surface area contributed by atoms with Gasteiger partial charge >= 0.3 is 6.18 Å². The first-order valence-electron chi connectivity index (χ1n) is 7.99. The second kappa shape index (κ2) is 7.97. The number of likely N-dealkylation sites (tertiary alicyclic amines) is 1. The SMILES string of the molecule is OCCCN1CCC[C@@H](CCc2ccccc2C(F)(F)F)C1. The molecule has 0 radical (unpaired) electrons. The largest absolute Gasteiger partial charge is 0.416 e. The molecule has 0 spiro atoms. The Morgan fingerprint density at radius 2 is 2.00 bits per heavy atom. The topological polar surface area (TPSA) is 23.5 Å². The molecular weight excluding hydrogens is 291 g/mol. The van der Waals surface area contributed by atoms with E-state index in [1.807, 2.05) is 0 Å². The molecule has 0 amide bonds. The minimum Gasteiger partial charge on any atom is -0.396 e. The summed E-state index contributed by atoms with van der Waals surface area (Å²) in [6.45, 7) is 3.05. The Morgan fingerprint density at radius 3 is 2.73 bits per heavy atom. The molecule has 1 saturated heterocycles. The van der Waals surface area contributed by atoms with E-state index in [1.165, 1.54) is 12.1 Å². The summed E-state index contributed by atoms with van der Waals surface area (Å²) >= 11 is 0. The maximum absolute atomic E-state index is 13.0. The summed E-state index contributed by atoms with van der Waals surface area (Å²) in [5.74, 6) is 0.453. The van der Waals surface area contributed by atoms with E-state index in [-0.39, 0.29) is 6.61 Å². The number of hydrogen-bond acceptors (Lipinski definition) is 2. The van der Waals surface area contributed by atoms with Gasteiger partial charge in [-0.25, -0.2) is 0 Å². The Labute approximate surface area is 129 Å². The summed E-state index contributed by atoms with van der Waals surface area (Å²) in [6.07, 6.45) is -0.0440. The predicted molar refractivity (Wildman–Crippen MR) is 80.6 cm³/mol. The maximum Gasteiger partial charge on any atom is 0.416 e. The van der Waals surface area contributed by atoms with Crippen LogP contribution in [-0.2, 0) is 12.6 Å². The summed E-state index contributed by atoms with van der Waals surface area (Å²) in [5.41, 5.74) is -0.0922. The molecule has 124 valence electrons. The average Bonchev–Trinajstić information content (AvgIpc) is 2.51. The Bertz CT molecular complexity index is 461. The zero-order chi connectivity index (χ0) is 16.0. The van der Waals surface area contributed by atoms with Crippen LogP contribution >= 0.6 is 0 Å². The van der Waals surface area contributed by atoms with Crippen molar-refractivity contribution in [3.05, 3.63) is 35.4 Å². The van der Waals surface area contributed by atoms with Crippen LogP contribution in [-0.4, -0.2) is 36.2 Å². The number of nitrogens with zero attached hydrogens (tertiary/aromatic N) is 1. The van der Waals surface area contributed by atoms with Crippen molar-refractivity contribution in [2.24, 2.45) is 5.92 Å². The van der Waals surface area contributed by atoms with Gasteiger partial charge in [0.05, 0.1) is 5.56 Å². The van der Waals surface area contributed by atoms with Crippen LogP contribution in [0.3, 0.4) is 0 Å². The number of rotatable bonds is 6. The van der Waals surface area contributed by atoms with Crippen molar-refractivity contribution >= 4 is 0 Å². The number of benzene rings is 1. The molecular formula is C17H24F3NO. The van der Waals surface area contributed by atoms with Gasteiger partial charge < -0.3 is 10.0 Å². The van der Waals surface area contributed by atoms with E-state index < -0.39 is 11.7 Å². The number of aliphatic hydroxyl groups excluding tert-OH is 1. The number of hydrogen-bond donors (Lipinski definition) is 1.